The van der Waals surface area contributed by atoms with Gasteiger partial charge in [0.15, 0.2) is 0 Å². The molecule has 0 aliphatic rings. The first-order valence-corrected chi connectivity index (χ1v) is 10.1. The van der Waals surface area contributed by atoms with E-state index in [1.807, 2.05) is 7.05 Å². The van der Waals surface area contributed by atoms with Crippen LogP contribution < -0.4 is 10.6 Å². The van der Waals surface area contributed by atoms with Crippen molar-refractivity contribution in [1.29, 1.82) is 0 Å². The number of hydrogen-bond donors (Lipinski definition) is 2. The van der Waals surface area contributed by atoms with Crippen LogP contribution in [0.3, 0.4) is 0 Å². The van der Waals surface area contributed by atoms with E-state index in [0.717, 1.165) is 32.2 Å². The summed E-state index contributed by atoms with van der Waals surface area (Å²) < 4.78 is 0. The molecule has 1 unspecified atom stereocenters. The van der Waals surface area contributed by atoms with Crippen molar-refractivity contribution in [3.63, 3.8) is 0 Å². The summed E-state index contributed by atoms with van der Waals surface area (Å²) in [7, 11) is 2.02. The molecule has 0 heterocycles. The summed E-state index contributed by atoms with van der Waals surface area (Å²) in [6.07, 6.45) is 8.27. The number of rotatable bonds is 13. The van der Waals surface area contributed by atoms with E-state index in [1.54, 1.807) is 0 Å². The lowest BCUT2D eigenvalue weighted by Crippen LogP contribution is -2.26. The van der Waals surface area contributed by atoms with Crippen molar-refractivity contribution < 1.29 is 4.79 Å². The van der Waals surface area contributed by atoms with E-state index in [-0.39, 0.29) is 5.91 Å². The molecule has 25 heavy (non-hydrogen) atoms. The molecule has 0 aliphatic heterocycles. The first kappa shape index (κ1) is 21.7. The SMILES string of the molecule is CCC(CCCCNC(=O)CCCc1ccc(CC(C)C)cc1)NC. The van der Waals surface area contributed by atoms with Crippen LogP contribution in [0.15, 0.2) is 24.3 Å². The molecule has 1 amide bonds. The Labute approximate surface area is 155 Å². The molecule has 0 spiro atoms. The molecule has 3 heteroatoms. The van der Waals surface area contributed by atoms with Crippen molar-refractivity contribution in [2.75, 3.05) is 13.6 Å². The molecule has 0 aliphatic carbocycles. The summed E-state index contributed by atoms with van der Waals surface area (Å²) in [6.45, 7) is 7.51. The number of benzene rings is 1. The van der Waals surface area contributed by atoms with Gasteiger partial charge in [0.2, 0.25) is 5.91 Å². The number of aryl methyl sites for hydroxylation is 1. The Kier molecular flexibility index (Phi) is 11.2. The number of carbonyl (C=O) groups is 1. The summed E-state index contributed by atoms with van der Waals surface area (Å²) in [5.74, 6) is 0.887. The van der Waals surface area contributed by atoms with Crippen molar-refractivity contribution in [3.8, 4) is 0 Å². The molecule has 1 rings (SSSR count). The summed E-state index contributed by atoms with van der Waals surface area (Å²) >= 11 is 0. The smallest absolute Gasteiger partial charge is 0.220 e. The van der Waals surface area contributed by atoms with E-state index in [1.165, 1.54) is 30.4 Å². The Balaban J connectivity index is 2.10. The average molecular weight is 347 g/mol. The summed E-state index contributed by atoms with van der Waals surface area (Å²) in [4.78, 5) is 11.9. The molecule has 2 N–H and O–H groups in total. The molecule has 0 fully saturated rings. The first-order chi connectivity index (χ1) is 12.0. The topological polar surface area (TPSA) is 41.1 Å². The minimum absolute atomic E-state index is 0.192. The lowest BCUT2D eigenvalue weighted by Gasteiger charge is -2.13. The predicted octanol–water partition coefficient (Wildman–Crippen LogP) is 4.49. The zero-order valence-electron chi connectivity index (χ0n) is 16.7. The third kappa shape index (κ3) is 10.3. The van der Waals surface area contributed by atoms with Crippen molar-refractivity contribution in [1.82, 2.24) is 10.6 Å². The van der Waals surface area contributed by atoms with Crippen LogP contribution >= 0.6 is 0 Å². The summed E-state index contributed by atoms with van der Waals surface area (Å²) in [6, 6.07) is 9.49. The van der Waals surface area contributed by atoms with Gasteiger partial charge in [-0.3, -0.25) is 4.79 Å². The van der Waals surface area contributed by atoms with Crippen molar-refractivity contribution in [2.45, 2.75) is 78.2 Å². The van der Waals surface area contributed by atoms with Gasteiger partial charge in [0.05, 0.1) is 0 Å². The van der Waals surface area contributed by atoms with Gasteiger partial charge in [-0.1, -0.05) is 51.5 Å². The largest absolute Gasteiger partial charge is 0.356 e. The number of amides is 1. The van der Waals surface area contributed by atoms with Crippen LogP contribution in [0.2, 0.25) is 0 Å². The Morgan fingerprint density at radius 3 is 2.32 bits per heavy atom. The summed E-state index contributed by atoms with van der Waals surface area (Å²) in [5, 5.41) is 6.37. The molecule has 142 valence electrons. The van der Waals surface area contributed by atoms with E-state index in [9.17, 15) is 4.79 Å². The van der Waals surface area contributed by atoms with Gasteiger partial charge >= 0.3 is 0 Å². The second kappa shape index (κ2) is 12.9. The molecule has 0 saturated heterocycles. The van der Waals surface area contributed by atoms with Gasteiger partial charge in [0.25, 0.3) is 0 Å². The first-order valence-electron chi connectivity index (χ1n) is 10.1. The van der Waals surface area contributed by atoms with Gasteiger partial charge in [-0.05, 0) is 62.6 Å². The van der Waals surface area contributed by atoms with Gasteiger partial charge in [0, 0.05) is 19.0 Å². The Hall–Kier alpha value is -1.35. The number of unbranched alkanes of at least 4 members (excludes halogenated alkanes) is 1. The van der Waals surface area contributed by atoms with Crippen LogP contribution in [0.5, 0.6) is 0 Å². The second-order valence-electron chi connectivity index (χ2n) is 7.51. The van der Waals surface area contributed by atoms with Crippen molar-refractivity contribution in [3.05, 3.63) is 35.4 Å². The fraction of sp³-hybridized carbons (Fsp3) is 0.682. The Morgan fingerprint density at radius 1 is 1.04 bits per heavy atom. The fourth-order valence-corrected chi connectivity index (χ4v) is 3.15. The van der Waals surface area contributed by atoms with Gasteiger partial charge in [0.1, 0.15) is 0 Å². The molecule has 3 nitrogen and oxygen atoms in total. The standard InChI is InChI=1S/C22H38N2O/c1-5-21(23-4)10-6-7-16-24-22(25)11-8-9-19-12-14-20(15-13-19)17-18(2)3/h12-15,18,21,23H,5-11,16-17H2,1-4H3,(H,24,25). The van der Waals surface area contributed by atoms with Crippen LogP contribution in [-0.4, -0.2) is 25.5 Å². The highest BCUT2D eigenvalue weighted by molar-refractivity contribution is 5.75. The Morgan fingerprint density at radius 2 is 1.72 bits per heavy atom. The maximum atomic E-state index is 11.9. The molecule has 0 radical (unpaired) electrons. The van der Waals surface area contributed by atoms with Crippen molar-refractivity contribution in [2.24, 2.45) is 5.92 Å². The van der Waals surface area contributed by atoms with Crippen molar-refractivity contribution >= 4 is 5.91 Å². The molecule has 1 atom stereocenters. The predicted molar refractivity (Wildman–Crippen MR) is 108 cm³/mol. The van der Waals surface area contributed by atoms with Gasteiger partial charge < -0.3 is 10.6 Å². The number of hydrogen-bond acceptors (Lipinski definition) is 2. The summed E-state index contributed by atoms with van der Waals surface area (Å²) in [5.41, 5.74) is 2.73. The highest BCUT2D eigenvalue weighted by Gasteiger charge is 2.04. The lowest BCUT2D eigenvalue weighted by molar-refractivity contribution is -0.121. The monoisotopic (exact) mass is 346 g/mol. The third-order valence-electron chi connectivity index (χ3n) is 4.74. The molecule has 1 aromatic carbocycles. The van der Waals surface area contributed by atoms with E-state index in [0.29, 0.717) is 18.4 Å². The second-order valence-corrected chi connectivity index (χ2v) is 7.51. The van der Waals surface area contributed by atoms with E-state index in [2.05, 4.69) is 55.7 Å². The van der Waals surface area contributed by atoms with Crippen LogP contribution in [0, 0.1) is 5.92 Å². The zero-order valence-corrected chi connectivity index (χ0v) is 16.7. The lowest BCUT2D eigenvalue weighted by atomic mass is 10.00. The molecule has 0 aromatic heterocycles. The minimum atomic E-state index is 0.192. The molecular weight excluding hydrogens is 308 g/mol. The van der Waals surface area contributed by atoms with Gasteiger partial charge in [-0.25, -0.2) is 0 Å². The van der Waals surface area contributed by atoms with Crippen LogP contribution in [-0.2, 0) is 17.6 Å². The molecule has 0 bridgehead atoms. The van der Waals surface area contributed by atoms with Gasteiger partial charge in [-0.15, -0.1) is 0 Å². The van der Waals surface area contributed by atoms with E-state index < -0.39 is 0 Å². The normalized spacial score (nSPS) is 12.4. The maximum absolute atomic E-state index is 11.9. The quantitative estimate of drug-likeness (QED) is 0.517. The molecule has 0 saturated carbocycles. The average Bonchev–Trinajstić information content (AvgIpc) is 2.59. The van der Waals surface area contributed by atoms with Crippen LogP contribution in [0.1, 0.15) is 70.4 Å². The highest BCUT2D eigenvalue weighted by Crippen LogP contribution is 2.11. The number of carbonyl (C=O) groups excluding carboxylic acids is 1. The third-order valence-corrected chi connectivity index (χ3v) is 4.74. The zero-order chi connectivity index (χ0) is 18.5. The van der Waals surface area contributed by atoms with E-state index >= 15 is 0 Å². The number of nitrogens with one attached hydrogen (secondary N) is 2. The minimum Gasteiger partial charge on any atom is -0.356 e. The highest BCUT2D eigenvalue weighted by atomic mass is 16.1. The Bertz CT molecular complexity index is 463. The van der Waals surface area contributed by atoms with E-state index in [4.69, 9.17) is 0 Å². The van der Waals surface area contributed by atoms with Crippen LogP contribution in [0.25, 0.3) is 0 Å². The molecule has 1 aromatic rings. The fourth-order valence-electron chi connectivity index (χ4n) is 3.15. The van der Waals surface area contributed by atoms with Crippen LogP contribution in [0.4, 0.5) is 0 Å². The molecular formula is C22H38N2O. The van der Waals surface area contributed by atoms with Gasteiger partial charge in [-0.2, -0.15) is 0 Å². The maximum Gasteiger partial charge on any atom is 0.220 e.